The Kier molecular flexibility index (Phi) is 5.88. The standard InChI is InChI=1S/C32H26O9/c1-3-25-27(36-15-34-25)6-19(1)5-21-9-29-30(39-17-38-29)10-22(21)8-23-11-31-32(41-18-40-31)12-24(23)14-33-13-20-2-4-26-28(7-20)37-16-35-26/h1-4,6-7,9-12H,5,8,13-18H2. The third-order valence-corrected chi connectivity index (χ3v) is 7.57. The lowest BCUT2D eigenvalue weighted by Gasteiger charge is -2.16. The molecule has 4 aliphatic rings. The molecule has 41 heavy (non-hydrogen) atoms. The molecular weight excluding hydrogens is 528 g/mol. The largest absolute Gasteiger partial charge is 0.454 e. The van der Waals surface area contributed by atoms with Gasteiger partial charge in [-0.15, -0.1) is 0 Å². The Bertz CT molecular complexity index is 1650. The van der Waals surface area contributed by atoms with E-state index in [-0.39, 0.29) is 27.2 Å². The molecule has 0 spiro atoms. The molecule has 0 aliphatic carbocycles. The molecule has 0 unspecified atom stereocenters. The molecule has 0 bridgehead atoms. The van der Waals surface area contributed by atoms with Crippen molar-refractivity contribution in [2.75, 3.05) is 27.2 Å². The molecule has 208 valence electrons. The first-order chi connectivity index (χ1) is 20.2. The summed E-state index contributed by atoms with van der Waals surface area (Å²) in [4.78, 5) is 0. The van der Waals surface area contributed by atoms with E-state index in [9.17, 15) is 0 Å². The normalized spacial score (nSPS) is 15.0. The monoisotopic (exact) mass is 554 g/mol. The highest BCUT2D eigenvalue weighted by Crippen LogP contribution is 2.40. The summed E-state index contributed by atoms with van der Waals surface area (Å²) in [5.74, 6) is 5.99. The van der Waals surface area contributed by atoms with Gasteiger partial charge in [0.15, 0.2) is 46.0 Å². The molecule has 0 saturated heterocycles. The number of rotatable bonds is 8. The van der Waals surface area contributed by atoms with E-state index in [1.807, 2.05) is 36.4 Å². The Labute approximate surface area is 236 Å². The molecule has 4 aromatic rings. The van der Waals surface area contributed by atoms with Gasteiger partial charge in [0.1, 0.15) is 0 Å². The zero-order valence-corrected chi connectivity index (χ0v) is 22.1. The molecule has 0 amide bonds. The quantitative estimate of drug-likeness (QED) is 0.280. The average Bonchev–Trinajstić information content (AvgIpc) is 3.80. The number of hydrogen-bond acceptors (Lipinski definition) is 9. The molecule has 0 atom stereocenters. The summed E-state index contributed by atoms with van der Waals surface area (Å²) in [5.41, 5.74) is 6.51. The van der Waals surface area contributed by atoms with Crippen LogP contribution in [0.25, 0.3) is 0 Å². The van der Waals surface area contributed by atoms with E-state index in [0.29, 0.717) is 26.1 Å². The zero-order chi connectivity index (χ0) is 27.2. The second kappa shape index (κ2) is 10.0. The van der Waals surface area contributed by atoms with Crippen LogP contribution in [0.5, 0.6) is 46.0 Å². The summed E-state index contributed by atoms with van der Waals surface area (Å²) in [6, 6.07) is 20.1. The first-order valence-electron chi connectivity index (χ1n) is 13.4. The third kappa shape index (κ3) is 4.68. The van der Waals surface area contributed by atoms with Crippen molar-refractivity contribution in [1.29, 1.82) is 0 Å². The highest BCUT2D eigenvalue weighted by Gasteiger charge is 2.22. The first-order valence-corrected chi connectivity index (χ1v) is 13.4. The van der Waals surface area contributed by atoms with Gasteiger partial charge in [-0.25, -0.2) is 0 Å². The van der Waals surface area contributed by atoms with Crippen LogP contribution in [0.2, 0.25) is 0 Å². The Morgan fingerprint density at radius 2 is 0.805 bits per heavy atom. The topological polar surface area (TPSA) is 83.1 Å². The highest BCUT2D eigenvalue weighted by molar-refractivity contribution is 5.55. The van der Waals surface area contributed by atoms with Crippen molar-refractivity contribution in [3.8, 4) is 46.0 Å². The Hall–Kier alpha value is -4.76. The lowest BCUT2D eigenvalue weighted by Crippen LogP contribution is -2.03. The van der Waals surface area contributed by atoms with Crippen LogP contribution in [-0.4, -0.2) is 27.2 Å². The van der Waals surface area contributed by atoms with Gasteiger partial charge in [-0.05, 0) is 94.8 Å². The maximum atomic E-state index is 6.18. The van der Waals surface area contributed by atoms with E-state index in [4.69, 9.17) is 42.6 Å². The average molecular weight is 555 g/mol. The maximum Gasteiger partial charge on any atom is 0.231 e. The molecule has 0 radical (unpaired) electrons. The van der Waals surface area contributed by atoms with E-state index >= 15 is 0 Å². The van der Waals surface area contributed by atoms with Crippen LogP contribution in [-0.2, 0) is 30.8 Å². The minimum absolute atomic E-state index is 0.204. The second-order valence-corrected chi connectivity index (χ2v) is 10.2. The van der Waals surface area contributed by atoms with Gasteiger partial charge in [0.05, 0.1) is 13.2 Å². The summed E-state index contributed by atoms with van der Waals surface area (Å²) in [7, 11) is 0. The van der Waals surface area contributed by atoms with Crippen LogP contribution in [0.15, 0.2) is 60.7 Å². The molecule has 0 saturated carbocycles. The molecule has 4 heterocycles. The Balaban J connectivity index is 1.08. The fraction of sp³-hybridized carbons (Fsp3) is 0.250. The molecule has 4 aromatic carbocycles. The lowest BCUT2D eigenvalue weighted by atomic mass is 9.92. The van der Waals surface area contributed by atoms with Crippen LogP contribution in [0.3, 0.4) is 0 Å². The molecule has 8 rings (SSSR count). The summed E-state index contributed by atoms with van der Waals surface area (Å²) in [6.45, 7) is 1.75. The third-order valence-electron chi connectivity index (χ3n) is 7.57. The van der Waals surface area contributed by atoms with Gasteiger partial charge in [0, 0.05) is 0 Å². The van der Waals surface area contributed by atoms with E-state index < -0.39 is 0 Å². The van der Waals surface area contributed by atoms with Crippen LogP contribution in [0, 0.1) is 0 Å². The van der Waals surface area contributed by atoms with Crippen LogP contribution < -0.4 is 37.9 Å². The second-order valence-electron chi connectivity index (χ2n) is 10.2. The van der Waals surface area contributed by atoms with Gasteiger partial charge in [-0.1, -0.05) is 12.1 Å². The van der Waals surface area contributed by atoms with Crippen molar-refractivity contribution in [2.24, 2.45) is 0 Å². The van der Waals surface area contributed by atoms with Gasteiger partial charge < -0.3 is 42.6 Å². The summed E-state index contributed by atoms with van der Waals surface area (Å²) in [5, 5.41) is 0. The van der Waals surface area contributed by atoms with Crippen molar-refractivity contribution in [2.45, 2.75) is 26.1 Å². The smallest absolute Gasteiger partial charge is 0.231 e. The lowest BCUT2D eigenvalue weighted by molar-refractivity contribution is 0.106. The summed E-state index contributed by atoms with van der Waals surface area (Å²) < 4.78 is 51.1. The van der Waals surface area contributed by atoms with Gasteiger partial charge in [-0.2, -0.15) is 0 Å². The summed E-state index contributed by atoms with van der Waals surface area (Å²) in [6.07, 6.45) is 1.35. The molecule has 0 aromatic heterocycles. The number of benzene rings is 4. The van der Waals surface area contributed by atoms with E-state index in [0.717, 1.165) is 79.4 Å². The van der Waals surface area contributed by atoms with E-state index in [2.05, 4.69) is 24.3 Å². The fourth-order valence-electron chi connectivity index (χ4n) is 5.47. The fourth-order valence-corrected chi connectivity index (χ4v) is 5.47. The Morgan fingerprint density at radius 3 is 1.39 bits per heavy atom. The van der Waals surface area contributed by atoms with Gasteiger partial charge in [0.25, 0.3) is 0 Å². The Morgan fingerprint density at radius 1 is 0.390 bits per heavy atom. The van der Waals surface area contributed by atoms with E-state index in [1.54, 1.807) is 0 Å². The molecule has 9 heteroatoms. The molecule has 9 nitrogen and oxygen atoms in total. The van der Waals surface area contributed by atoms with Crippen molar-refractivity contribution < 1.29 is 42.6 Å². The van der Waals surface area contributed by atoms with Crippen LogP contribution >= 0.6 is 0 Å². The van der Waals surface area contributed by atoms with Crippen molar-refractivity contribution in [3.63, 3.8) is 0 Å². The zero-order valence-electron chi connectivity index (χ0n) is 22.1. The van der Waals surface area contributed by atoms with Gasteiger partial charge in [-0.3, -0.25) is 0 Å². The number of hydrogen-bond donors (Lipinski definition) is 0. The number of fused-ring (bicyclic) bond motifs is 4. The van der Waals surface area contributed by atoms with Crippen molar-refractivity contribution in [3.05, 3.63) is 94.0 Å². The predicted octanol–water partition coefficient (Wildman–Crippen LogP) is 5.50. The maximum absolute atomic E-state index is 6.18. The van der Waals surface area contributed by atoms with Crippen LogP contribution in [0.1, 0.15) is 33.4 Å². The first kappa shape index (κ1) is 24.1. The molecule has 0 fully saturated rings. The van der Waals surface area contributed by atoms with Gasteiger partial charge >= 0.3 is 0 Å². The molecule has 4 aliphatic heterocycles. The van der Waals surface area contributed by atoms with Crippen LogP contribution in [0.4, 0.5) is 0 Å². The van der Waals surface area contributed by atoms with Crippen molar-refractivity contribution in [1.82, 2.24) is 0 Å². The van der Waals surface area contributed by atoms with Gasteiger partial charge in [0.2, 0.25) is 27.2 Å². The summed E-state index contributed by atoms with van der Waals surface area (Å²) >= 11 is 0. The minimum Gasteiger partial charge on any atom is -0.454 e. The van der Waals surface area contributed by atoms with E-state index in [1.165, 1.54) is 0 Å². The molecule has 0 N–H and O–H groups in total. The number of ether oxygens (including phenoxy) is 9. The highest BCUT2D eigenvalue weighted by atomic mass is 16.7. The minimum atomic E-state index is 0.204. The van der Waals surface area contributed by atoms with Crippen molar-refractivity contribution >= 4 is 0 Å². The molecular formula is C32H26O9. The SMILES string of the molecule is c1cc2c(cc1COCc1cc3c(cc1Cc1cc4c(cc1Cc1ccc5c(c1)OCO5)OCO4)OCO3)OCO2. The predicted molar refractivity (Wildman–Crippen MR) is 144 cm³/mol.